The lowest BCUT2D eigenvalue weighted by molar-refractivity contribution is -0.149. The Morgan fingerprint density at radius 3 is 2.50 bits per heavy atom. The number of carbonyl (C=O) groups is 3. The second-order valence-corrected chi connectivity index (χ2v) is 8.71. The number of anilines is 1. The molecule has 2 aromatic carbocycles. The van der Waals surface area contributed by atoms with Crippen LogP contribution in [0.3, 0.4) is 0 Å². The van der Waals surface area contributed by atoms with Crippen LogP contribution < -0.4 is 10.6 Å². The predicted molar refractivity (Wildman–Crippen MR) is 129 cm³/mol. The van der Waals surface area contributed by atoms with Gasteiger partial charge in [-0.15, -0.1) is 11.3 Å². The number of aromatic nitrogens is 1. The van der Waals surface area contributed by atoms with Crippen molar-refractivity contribution in [3.8, 4) is 0 Å². The molecule has 2 heterocycles. The van der Waals surface area contributed by atoms with Crippen molar-refractivity contribution in [1.29, 1.82) is 0 Å². The van der Waals surface area contributed by atoms with Crippen molar-refractivity contribution in [2.75, 3.05) is 11.9 Å². The number of ether oxygens (including phenoxy) is 1. The van der Waals surface area contributed by atoms with Crippen molar-refractivity contribution in [1.82, 2.24) is 10.3 Å². The number of nitrogens with one attached hydrogen (secondary N) is 3. The fraction of sp³-hybridized carbons (Fsp3) is 0.160. The Labute approximate surface area is 207 Å². The lowest BCUT2D eigenvalue weighted by Crippen LogP contribution is -2.43. The van der Waals surface area contributed by atoms with Crippen LogP contribution in [-0.4, -0.2) is 35.4 Å². The van der Waals surface area contributed by atoms with Gasteiger partial charge in [0.2, 0.25) is 0 Å². The zero-order chi connectivity index (χ0) is 25.7. The van der Waals surface area contributed by atoms with E-state index >= 15 is 0 Å². The maximum absolute atomic E-state index is 13.2. The van der Waals surface area contributed by atoms with Gasteiger partial charge in [0.05, 0.1) is 16.1 Å². The van der Waals surface area contributed by atoms with Crippen LogP contribution in [0.15, 0.2) is 72.2 Å². The van der Waals surface area contributed by atoms with Gasteiger partial charge in [0.1, 0.15) is 6.04 Å². The largest absolute Gasteiger partial charge is 0.454 e. The summed E-state index contributed by atoms with van der Waals surface area (Å²) in [7, 11) is 0. The van der Waals surface area contributed by atoms with Crippen molar-refractivity contribution in [3.05, 3.63) is 88.2 Å². The minimum atomic E-state index is -4.67. The van der Waals surface area contributed by atoms with Gasteiger partial charge in [-0.1, -0.05) is 36.4 Å². The molecule has 11 heteroatoms. The van der Waals surface area contributed by atoms with E-state index in [0.717, 1.165) is 28.6 Å². The van der Waals surface area contributed by atoms with Crippen LogP contribution in [0.4, 0.5) is 18.9 Å². The van der Waals surface area contributed by atoms with Gasteiger partial charge >= 0.3 is 12.1 Å². The number of amides is 2. The standard InChI is InChI=1S/C25H20F3N3O4S/c26-25(27,28)17-7-2-4-9-19(17)30-22(32)14-35-24(34)20(31-23(33)21-10-5-11-36-21)12-15-13-29-18-8-3-1-6-16(15)18/h1-11,13,20,29H,12,14H2,(H,30,32)(H,31,33)/t20-/m1/s1. The highest BCUT2D eigenvalue weighted by atomic mass is 32.1. The number of halogens is 3. The molecule has 7 nitrogen and oxygen atoms in total. The van der Waals surface area contributed by atoms with Gasteiger partial charge in [0, 0.05) is 23.5 Å². The van der Waals surface area contributed by atoms with Gasteiger partial charge < -0.3 is 20.4 Å². The number of rotatable bonds is 8. The molecule has 0 aliphatic rings. The number of fused-ring (bicyclic) bond motifs is 1. The molecule has 0 unspecified atom stereocenters. The second kappa shape index (κ2) is 10.6. The highest BCUT2D eigenvalue weighted by Gasteiger charge is 2.33. The number of benzene rings is 2. The average molecular weight is 516 g/mol. The molecular weight excluding hydrogens is 495 g/mol. The van der Waals surface area contributed by atoms with E-state index < -0.39 is 47.9 Å². The van der Waals surface area contributed by atoms with E-state index in [1.165, 1.54) is 23.5 Å². The number of alkyl halides is 3. The normalized spacial score (nSPS) is 12.2. The number of esters is 1. The molecular formula is C25H20F3N3O4S. The lowest BCUT2D eigenvalue weighted by atomic mass is 10.0. The first kappa shape index (κ1) is 25.0. The Bertz CT molecular complexity index is 1380. The zero-order valence-corrected chi connectivity index (χ0v) is 19.4. The first-order valence-electron chi connectivity index (χ1n) is 10.7. The van der Waals surface area contributed by atoms with Crippen molar-refractivity contribution >= 4 is 45.7 Å². The Morgan fingerprint density at radius 2 is 1.75 bits per heavy atom. The maximum Gasteiger partial charge on any atom is 0.418 e. The molecule has 0 bridgehead atoms. The summed E-state index contributed by atoms with van der Waals surface area (Å²) in [5, 5.41) is 7.31. The number of H-pyrrole nitrogens is 1. The van der Waals surface area contributed by atoms with E-state index in [1.54, 1.807) is 23.7 Å². The SMILES string of the molecule is O=C(COC(=O)[C@@H](Cc1c[nH]c2ccccc12)NC(=O)c1cccs1)Nc1ccccc1C(F)(F)F. The van der Waals surface area contributed by atoms with E-state index in [2.05, 4.69) is 15.6 Å². The molecule has 4 aromatic rings. The number of thiophene rings is 1. The first-order chi connectivity index (χ1) is 17.2. The third-order valence-corrected chi connectivity index (χ3v) is 6.15. The van der Waals surface area contributed by atoms with Gasteiger partial charge in [-0.3, -0.25) is 9.59 Å². The van der Waals surface area contributed by atoms with E-state index in [1.807, 2.05) is 24.3 Å². The molecule has 0 saturated heterocycles. The quantitative estimate of drug-likeness (QED) is 0.294. The summed E-state index contributed by atoms with van der Waals surface area (Å²) in [6.45, 7) is -0.829. The molecule has 36 heavy (non-hydrogen) atoms. The molecule has 0 spiro atoms. The van der Waals surface area contributed by atoms with Crippen LogP contribution in [0.2, 0.25) is 0 Å². The topological polar surface area (TPSA) is 100 Å². The Balaban J connectivity index is 1.46. The molecule has 2 amide bonds. The summed E-state index contributed by atoms with van der Waals surface area (Å²) in [5.41, 5.74) is 0.104. The highest BCUT2D eigenvalue weighted by molar-refractivity contribution is 7.12. The second-order valence-electron chi connectivity index (χ2n) is 7.77. The summed E-state index contributed by atoms with van der Waals surface area (Å²) in [4.78, 5) is 41.3. The monoisotopic (exact) mass is 515 g/mol. The summed E-state index contributed by atoms with van der Waals surface area (Å²) in [6, 6.07) is 14.0. The van der Waals surface area contributed by atoms with E-state index in [4.69, 9.17) is 4.74 Å². The molecule has 4 rings (SSSR count). The predicted octanol–water partition coefficient (Wildman–Crippen LogP) is 4.77. The van der Waals surface area contributed by atoms with Gasteiger partial charge in [-0.2, -0.15) is 13.2 Å². The number of aromatic amines is 1. The van der Waals surface area contributed by atoms with Crippen LogP contribution in [0.1, 0.15) is 20.8 Å². The molecule has 0 radical (unpaired) electrons. The third-order valence-electron chi connectivity index (χ3n) is 5.29. The molecule has 2 aromatic heterocycles. The number of carbonyl (C=O) groups excluding carboxylic acids is 3. The number of hydrogen-bond donors (Lipinski definition) is 3. The summed E-state index contributed by atoms with van der Waals surface area (Å²) in [6.07, 6.45) is -2.89. The van der Waals surface area contributed by atoms with Crippen LogP contribution in [-0.2, 0) is 26.9 Å². The van der Waals surface area contributed by atoms with Crippen molar-refractivity contribution in [3.63, 3.8) is 0 Å². The summed E-state index contributed by atoms with van der Waals surface area (Å²) < 4.78 is 44.6. The van der Waals surface area contributed by atoms with Gasteiger partial charge in [-0.25, -0.2) is 4.79 Å². The van der Waals surface area contributed by atoms with Crippen molar-refractivity contribution in [2.24, 2.45) is 0 Å². The van der Waals surface area contributed by atoms with Crippen LogP contribution in [0.5, 0.6) is 0 Å². The van der Waals surface area contributed by atoms with Crippen LogP contribution in [0, 0.1) is 0 Å². The Morgan fingerprint density at radius 1 is 1.00 bits per heavy atom. The minimum Gasteiger partial charge on any atom is -0.454 e. The van der Waals surface area contributed by atoms with Gasteiger partial charge in [0.15, 0.2) is 6.61 Å². The maximum atomic E-state index is 13.2. The molecule has 186 valence electrons. The van der Waals surface area contributed by atoms with E-state index in [-0.39, 0.29) is 6.42 Å². The summed E-state index contributed by atoms with van der Waals surface area (Å²) in [5.74, 6) is -2.34. The molecule has 0 aliphatic carbocycles. The average Bonchev–Trinajstić information content (AvgIpc) is 3.53. The highest BCUT2D eigenvalue weighted by Crippen LogP contribution is 2.34. The first-order valence-corrected chi connectivity index (χ1v) is 11.6. The van der Waals surface area contributed by atoms with E-state index in [9.17, 15) is 27.6 Å². The van der Waals surface area contributed by atoms with E-state index in [0.29, 0.717) is 4.88 Å². The fourth-order valence-electron chi connectivity index (χ4n) is 3.61. The molecule has 1 atom stereocenters. The van der Waals surface area contributed by atoms with Crippen LogP contribution >= 0.6 is 11.3 Å². The smallest absolute Gasteiger partial charge is 0.418 e. The Hall–Kier alpha value is -4.12. The van der Waals surface area contributed by atoms with Crippen molar-refractivity contribution in [2.45, 2.75) is 18.6 Å². The minimum absolute atomic E-state index is 0.0679. The van der Waals surface area contributed by atoms with Crippen molar-refractivity contribution < 1.29 is 32.3 Å². The lowest BCUT2D eigenvalue weighted by Gasteiger charge is -2.18. The van der Waals surface area contributed by atoms with Crippen LogP contribution in [0.25, 0.3) is 10.9 Å². The molecule has 0 saturated carbocycles. The molecule has 0 aliphatic heterocycles. The van der Waals surface area contributed by atoms with Gasteiger partial charge in [0.25, 0.3) is 11.8 Å². The molecule has 0 fully saturated rings. The fourth-order valence-corrected chi connectivity index (χ4v) is 4.24. The van der Waals surface area contributed by atoms with Gasteiger partial charge in [-0.05, 0) is 35.2 Å². The number of para-hydroxylation sites is 2. The molecule has 3 N–H and O–H groups in total. The third kappa shape index (κ3) is 5.92. The Kier molecular flexibility index (Phi) is 7.39. The summed E-state index contributed by atoms with van der Waals surface area (Å²) >= 11 is 1.19. The number of hydrogen-bond acceptors (Lipinski definition) is 5. The zero-order valence-electron chi connectivity index (χ0n) is 18.6.